The number of nitro groups is 1. The summed E-state index contributed by atoms with van der Waals surface area (Å²) in [6.07, 6.45) is 0. The minimum atomic E-state index is -3.59. The summed E-state index contributed by atoms with van der Waals surface area (Å²) in [6.45, 7) is 0. The number of hydrogen-bond acceptors (Lipinski definition) is 4. The van der Waals surface area contributed by atoms with Gasteiger partial charge < -0.3 is 0 Å². The molecule has 0 fully saturated rings. The molecule has 0 aromatic heterocycles. The van der Waals surface area contributed by atoms with E-state index >= 15 is 0 Å². The zero-order valence-electron chi connectivity index (χ0n) is 10.2. The molecule has 0 saturated heterocycles. The van der Waals surface area contributed by atoms with Crippen molar-refractivity contribution in [3.05, 3.63) is 69.2 Å². The maximum absolute atomic E-state index is 12.2. The van der Waals surface area contributed by atoms with E-state index < -0.39 is 14.8 Å². The van der Waals surface area contributed by atoms with Gasteiger partial charge in [0.2, 0.25) is 0 Å². The van der Waals surface area contributed by atoms with Crippen LogP contribution in [0.15, 0.2) is 53.4 Å². The molecule has 0 amide bonds. The van der Waals surface area contributed by atoms with E-state index in [0.717, 1.165) is 0 Å². The fraction of sp³-hybridized carbons (Fsp3) is 0.0769. The summed E-state index contributed by atoms with van der Waals surface area (Å²) in [5.41, 5.74) is 0.0254. The molecule has 0 saturated carbocycles. The molecule has 2 rings (SSSR count). The van der Waals surface area contributed by atoms with Crippen LogP contribution in [0.1, 0.15) is 5.56 Å². The second kappa shape index (κ2) is 5.60. The average Bonchev–Trinajstić information content (AvgIpc) is 2.42. The van der Waals surface area contributed by atoms with Gasteiger partial charge in [0.25, 0.3) is 5.69 Å². The third kappa shape index (κ3) is 3.15. The van der Waals surface area contributed by atoms with Crippen molar-refractivity contribution >= 4 is 27.1 Å². The smallest absolute Gasteiger partial charge is 0.258 e. The van der Waals surface area contributed by atoms with Crippen molar-refractivity contribution in [2.75, 3.05) is 0 Å². The van der Waals surface area contributed by atoms with Crippen LogP contribution >= 0.6 is 11.6 Å². The Kier molecular flexibility index (Phi) is 4.06. The van der Waals surface area contributed by atoms with Gasteiger partial charge in [0.15, 0.2) is 9.84 Å². The second-order valence-corrected chi connectivity index (χ2v) is 6.50. The topological polar surface area (TPSA) is 77.3 Å². The molecule has 0 bridgehead atoms. The van der Waals surface area contributed by atoms with E-state index in [9.17, 15) is 18.5 Å². The molecule has 0 spiro atoms. The first-order valence-corrected chi connectivity index (χ1v) is 7.64. The Balaban J connectivity index is 2.39. The highest BCUT2D eigenvalue weighted by molar-refractivity contribution is 7.90. The monoisotopic (exact) mass is 311 g/mol. The first kappa shape index (κ1) is 14.5. The highest BCUT2D eigenvalue weighted by Crippen LogP contribution is 2.26. The van der Waals surface area contributed by atoms with Crippen LogP contribution in [-0.2, 0) is 15.6 Å². The number of non-ortho nitro benzene ring substituents is 1. The van der Waals surface area contributed by atoms with Crippen LogP contribution < -0.4 is 0 Å². The lowest BCUT2D eigenvalue weighted by Gasteiger charge is -2.06. The molecule has 0 aliphatic heterocycles. The lowest BCUT2D eigenvalue weighted by molar-refractivity contribution is -0.384. The predicted octanol–water partition coefficient (Wildman–Crippen LogP) is 3.22. The van der Waals surface area contributed by atoms with Gasteiger partial charge in [0.05, 0.1) is 15.6 Å². The van der Waals surface area contributed by atoms with Crippen molar-refractivity contribution in [1.82, 2.24) is 0 Å². The van der Waals surface area contributed by atoms with E-state index in [1.165, 1.54) is 30.3 Å². The Bertz CT molecular complexity index is 744. The molecule has 0 N–H and O–H groups in total. The van der Waals surface area contributed by atoms with Crippen LogP contribution in [0.3, 0.4) is 0 Å². The van der Waals surface area contributed by atoms with Crippen LogP contribution in [0, 0.1) is 10.1 Å². The molecule has 0 heterocycles. The van der Waals surface area contributed by atoms with Crippen molar-refractivity contribution in [1.29, 1.82) is 0 Å². The SMILES string of the molecule is O=[N+]([O-])c1ccc(Cl)c(CS(=O)(=O)c2ccccc2)c1. The Morgan fingerprint density at radius 1 is 1.10 bits per heavy atom. The van der Waals surface area contributed by atoms with Gasteiger partial charge in [-0.15, -0.1) is 0 Å². The third-order valence-corrected chi connectivity index (χ3v) is 4.74. The maximum Gasteiger partial charge on any atom is 0.269 e. The van der Waals surface area contributed by atoms with Gasteiger partial charge in [-0.1, -0.05) is 29.8 Å². The molecule has 7 heteroatoms. The number of halogens is 1. The summed E-state index contributed by atoms with van der Waals surface area (Å²) in [5.74, 6) is -0.377. The molecule has 0 atom stereocenters. The maximum atomic E-state index is 12.2. The van der Waals surface area contributed by atoms with Crippen LogP contribution in [0.5, 0.6) is 0 Å². The van der Waals surface area contributed by atoms with E-state index in [0.29, 0.717) is 0 Å². The molecule has 2 aromatic carbocycles. The normalized spacial score (nSPS) is 11.2. The van der Waals surface area contributed by atoms with Crippen LogP contribution in [-0.4, -0.2) is 13.3 Å². The summed E-state index contributed by atoms with van der Waals surface area (Å²) >= 11 is 5.91. The molecular weight excluding hydrogens is 302 g/mol. The Morgan fingerprint density at radius 2 is 1.75 bits per heavy atom. The summed E-state index contributed by atoms with van der Waals surface area (Å²) < 4.78 is 24.4. The highest BCUT2D eigenvalue weighted by Gasteiger charge is 2.19. The van der Waals surface area contributed by atoms with Crippen molar-refractivity contribution in [2.45, 2.75) is 10.6 Å². The fourth-order valence-electron chi connectivity index (χ4n) is 1.70. The van der Waals surface area contributed by atoms with E-state index in [1.54, 1.807) is 18.2 Å². The first-order valence-electron chi connectivity index (χ1n) is 5.61. The van der Waals surface area contributed by atoms with E-state index in [2.05, 4.69) is 0 Å². The van der Waals surface area contributed by atoms with Crippen LogP contribution in [0.2, 0.25) is 5.02 Å². The summed E-state index contributed by atoms with van der Waals surface area (Å²) in [5, 5.41) is 10.9. The van der Waals surface area contributed by atoms with Crippen LogP contribution in [0.4, 0.5) is 5.69 Å². The third-order valence-electron chi connectivity index (χ3n) is 2.69. The van der Waals surface area contributed by atoms with Gasteiger partial charge in [-0.3, -0.25) is 10.1 Å². The molecule has 2 aromatic rings. The molecule has 0 aliphatic carbocycles. The molecule has 0 aliphatic rings. The van der Waals surface area contributed by atoms with Gasteiger partial charge >= 0.3 is 0 Å². The number of hydrogen-bond donors (Lipinski definition) is 0. The van der Waals surface area contributed by atoms with Gasteiger partial charge in [-0.2, -0.15) is 0 Å². The van der Waals surface area contributed by atoms with Gasteiger partial charge in [-0.05, 0) is 23.8 Å². The molecule has 104 valence electrons. The average molecular weight is 312 g/mol. The molecule has 20 heavy (non-hydrogen) atoms. The molecular formula is C13H10ClNO4S. The summed E-state index contributed by atoms with van der Waals surface area (Å²) in [6, 6.07) is 11.6. The number of sulfone groups is 1. The largest absolute Gasteiger partial charge is 0.269 e. The fourth-order valence-corrected chi connectivity index (χ4v) is 3.35. The quantitative estimate of drug-likeness (QED) is 0.641. The number of nitrogens with zero attached hydrogens (tertiary/aromatic N) is 1. The zero-order chi connectivity index (χ0) is 14.8. The lowest BCUT2D eigenvalue weighted by atomic mass is 10.2. The van der Waals surface area contributed by atoms with Crippen molar-refractivity contribution < 1.29 is 13.3 Å². The Morgan fingerprint density at radius 3 is 2.35 bits per heavy atom. The molecule has 5 nitrogen and oxygen atoms in total. The highest BCUT2D eigenvalue weighted by atomic mass is 35.5. The minimum absolute atomic E-state index is 0.155. The Hall–Kier alpha value is -1.92. The lowest BCUT2D eigenvalue weighted by Crippen LogP contribution is -2.05. The van der Waals surface area contributed by atoms with Crippen LogP contribution in [0.25, 0.3) is 0 Å². The predicted molar refractivity (Wildman–Crippen MR) is 75.4 cm³/mol. The number of rotatable bonds is 4. The zero-order valence-corrected chi connectivity index (χ0v) is 11.8. The van der Waals surface area contributed by atoms with Gasteiger partial charge in [0.1, 0.15) is 0 Å². The first-order chi connectivity index (χ1) is 9.40. The second-order valence-electron chi connectivity index (χ2n) is 4.10. The summed E-state index contributed by atoms with van der Waals surface area (Å²) in [7, 11) is -3.59. The Labute approximate surface area is 120 Å². The van der Waals surface area contributed by atoms with Crippen molar-refractivity contribution in [3.63, 3.8) is 0 Å². The van der Waals surface area contributed by atoms with E-state index in [1.807, 2.05) is 0 Å². The number of nitro benzene ring substituents is 1. The number of benzene rings is 2. The van der Waals surface area contributed by atoms with E-state index in [-0.39, 0.29) is 26.9 Å². The van der Waals surface area contributed by atoms with Gasteiger partial charge in [-0.25, -0.2) is 8.42 Å². The molecule has 0 radical (unpaired) electrons. The minimum Gasteiger partial charge on any atom is -0.258 e. The summed E-state index contributed by atoms with van der Waals surface area (Å²) in [4.78, 5) is 10.3. The molecule has 0 unspecified atom stereocenters. The van der Waals surface area contributed by atoms with Gasteiger partial charge in [0, 0.05) is 17.2 Å². The van der Waals surface area contributed by atoms with Crippen molar-refractivity contribution in [2.24, 2.45) is 0 Å². The van der Waals surface area contributed by atoms with Crippen molar-refractivity contribution in [3.8, 4) is 0 Å². The standard InChI is InChI=1S/C13H10ClNO4S/c14-13-7-6-11(15(16)17)8-10(13)9-20(18,19)12-4-2-1-3-5-12/h1-8H,9H2. The van der Waals surface area contributed by atoms with E-state index in [4.69, 9.17) is 11.6 Å².